The fraction of sp³-hybridized carbons (Fsp3) is 0.333. The Bertz CT molecular complexity index is 598. The second-order valence-corrected chi connectivity index (χ2v) is 5.56. The van der Waals surface area contributed by atoms with Crippen molar-refractivity contribution < 1.29 is 4.74 Å². The Morgan fingerprint density at radius 3 is 2.62 bits per heavy atom. The monoisotopic (exact) mass is 303 g/mol. The lowest BCUT2D eigenvalue weighted by Gasteiger charge is -2.21. The Morgan fingerprint density at radius 2 is 1.95 bits per heavy atom. The number of halogens is 1. The molecule has 0 heterocycles. The van der Waals surface area contributed by atoms with Gasteiger partial charge in [0.15, 0.2) is 0 Å². The van der Waals surface area contributed by atoms with Gasteiger partial charge >= 0.3 is 0 Å². The normalized spacial score (nSPS) is 12.2. The molecule has 0 fully saturated rings. The molecule has 0 saturated carbocycles. The molecule has 0 saturated heterocycles. The van der Waals surface area contributed by atoms with Crippen molar-refractivity contribution in [3.63, 3.8) is 0 Å². The molecule has 1 N–H and O–H groups in total. The predicted molar refractivity (Wildman–Crippen MR) is 89.3 cm³/mol. The van der Waals surface area contributed by atoms with E-state index >= 15 is 0 Å². The highest BCUT2D eigenvalue weighted by molar-refractivity contribution is 6.30. The van der Waals surface area contributed by atoms with Crippen LogP contribution < -0.4 is 10.1 Å². The van der Waals surface area contributed by atoms with Crippen molar-refractivity contribution in [1.29, 1.82) is 0 Å². The standard InChI is InChI=1S/C18H22ClNO/c1-4-20-17(16-8-6-5-7-13(16)2)12-14-11-15(19)9-10-18(14)21-3/h5-11,17,20H,4,12H2,1-3H3. The van der Waals surface area contributed by atoms with E-state index in [0.717, 1.165) is 29.3 Å². The number of ether oxygens (including phenoxy) is 1. The summed E-state index contributed by atoms with van der Waals surface area (Å²) in [6, 6.07) is 14.5. The number of aryl methyl sites for hydroxylation is 1. The van der Waals surface area contributed by atoms with Gasteiger partial charge in [-0.25, -0.2) is 0 Å². The van der Waals surface area contributed by atoms with Crippen molar-refractivity contribution in [3.8, 4) is 5.75 Å². The summed E-state index contributed by atoms with van der Waals surface area (Å²) in [5.41, 5.74) is 3.74. The van der Waals surface area contributed by atoms with E-state index in [9.17, 15) is 0 Å². The van der Waals surface area contributed by atoms with Crippen molar-refractivity contribution in [2.45, 2.75) is 26.3 Å². The first kappa shape index (κ1) is 15.9. The van der Waals surface area contributed by atoms with Crippen LogP contribution in [-0.2, 0) is 6.42 Å². The number of methoxy groups -OCH3 is 1. The smallest absolute Gasteiger partial charge is 0.122 e. The molecule has 2 nitrogen and oxygen atoms in total. The van der Waals surface area contributed by atoms with E-state index in [4.69, 9.17) is 16.3 Å². The van der Waals surface area contributed by atoms with Crippen molar-refractivity contribution in [1.82, 2.24) is 5.32 Å². The molecule has 0 aromatic heterocycles. The molecule has 0 spiro atoms. The average molecular weight is 304 g/mol. The molecule has 21 heavy (non-hydrogen) atoms. The lowest BCUT2D eigenvalue weighted by Crippen LogP contribution is -2.24. The molecule has 0 aliphatic carbocycles. The first-order chi connectivity index (χ1) is 10.2. The van der Waals surface area contributed by atoms with Gasteiger partial charge in [0.25, 0.3) is 0 Å². The van der Waals surface area contributed by atoms with Crippen LogP contribution in [-0.4, -0.2) is 13.7 Å². The van der Waals surface area contributed by atoms with E-state index in [1.807, 2.05) is 18.2 Å². The third kappa shape index (κ3) is 3.99. The van der Waals surface area contributed by atoms with Crippen LogP contribution in [0.3, 0.4) is 0 Å². The fourth-order valence-electron chi connectivity index (χ4n) is 2.64. The highest BCUT2D eigenvalue weighted by atomic mass is 35.5. The highest BCUT2D eigenvalue weighted by Crippen LogP contribution is 2.29. The molecule has 0 aliphatic rings. The van der Waals surface area contributed by atoms with Crippen LogP contribution in [0.25, 0.3) is 0 Å². The summed E-state index contributed by atoms with van der Waals surface area (Å²) >= 11 is 6.14. The Balaban J connectivity index is 2.33. The zero-order valence-corrected chi connectivity index (χ0v) is 13.6. The topological polar surface area (TPSA) is 21.3 Å². The molecule has 2 aromatic carbocycles. The van der Waals surface area contributed by atoms with Crippen LogP contribution in [0.15, 0.2) is 42.5 Å². The summed E-state index contributed by atoms with van der Waals surface area (Å²) in [5.74, 6) is 0.885. The average Bonchev–Trinajstić information content (AvgIpc) is 2.48. The fourth-order valence-corrected chi connectivity index (χ4v) is 2.84. The van der Waals surface area contributed by atoms with Gasteiger partial charge in [0, 0.05) is 11.1 Å². The maximum Gasteiger partial charge on any atom is 0.122 e. The van der Waals surface area contributed by atoms with Gasteiger partial charge in [-0.05, 0) is 54.8 Å². The van der Waals surface area contributed by atoms with Crippen LogP contribution in [0, 0.1) is 6.92 Å². The highest BCUT2D eigenvalue weighted by Gasteiger charge is 2.15. The summed E-state index contributed by atoms with van der Waals surface area (Å²) in [7, 11) is 1.70. The zero-order valence-electron chi connectivity index (χ0n) is 12.8. The molecule has 0 aliphatic heterocycles. The third-order valence-corrected chi connectivity index (χ3v) is 3.92. The van der Waals surface area contributed by atoms with Crippen LogP contribution in [0.2, 0.25) is 5.02 Å². The molecule has 0 bridgehead atoms. The van der Waals surface area contributed by atoms with Gasteiger partial charge in [0.1, 0.15) is 5.75 Å². The van der Waals surface area contributed by atoms with Crippen LogP contribution in [0.4, 0.5) is 0 Å². The molecular formula is C18H22ClNO. The quantitative estimate of drug-likeness (QED) is 0.845. The first-order valence-electron chi connectivity index (χ1n) is 7.27. The van der Waals surface area contributed by atoms with Crippen LogP contribution >= 0.6 is 11.6 Å². The zero-order chi connectivity index (χ0) is 15.2. The number of rotatable bonds is 6. The van der Waals surface area contributed by atoms with E-state index in [2.05, 4.69) is 43.4 Å². The summed E-state index contributed by atoms with van der Waals surface area (Å²) in [6.07, 6.45) is 0.850. The largest absolute Gasteiger partial charge is 0.496 e. The molecule has 2 rings (SSSR count). The van der Waals surface area contributed by atoms with E-state index in [1.165, 1.54) is 11.1 Å². The van der Waals surface area contributed by atoms with Gasteiger partial charge in [0.05, 0.1) is 7.11 Å². The molecule has 0 amide bonds. The minimum Gasteiger partial charge on any atom is -0.496 e. The third-order valence-electron chi connectivity index (χ3n) is 3.68. The van der Waals surface area contributed by atoms with Gasteiger partial charge in [0.2, 0.25) is 0 Å². The second-order valence-electron chi connectivity index (χ2n) is 5.13. The van der Waals surface area contributed by atoms with Crippen molar-refractivity contribution in [3.05, 3.63) is 64.2 Å². The number of hydrogen-bond acceptors (Lipinski definition) is 2. The maximum absolute atomic E-state index is 6.14. The maximum atomic E-state index is 6.14. The van der Waals surface area contributed by atoms with Gasteiger partial charge in [-0.2, -0.15) is 0 Å². The van der Waals surface area contributed by atoms with Gasteiger partial charge in [-0.15, -0.1) is 0 Å². The number of nitrogens with one attached hydrogen (secondary N) is 1. The van der Waals surface area contributed by atoms with E-state index < -0.39 is 0 Å². The number of benzene rings is 2. The number of likely N-dealkylation sites (N-methyl/N-ethyl adjacent to an activating group) is 1. The molecule has 0 radical (unpaired) electrons. The Morgan fingerprint density at radius 1 is 1.19 bits per heavy atom. The second kappa shape index (κ2) is 7.48. The van der Waals surface area contributed by atoms with Crippen LogP contribution in [0.1, 0.15) is 29.7 Å². The minimum absolute atomic E-state index is 0.253. The first-order valence-corrected chi connectivity index (χ1v) is 7.64. The van der Waals surface area contributed by atoms with E-state index in [-0.39, 0.29) is 6.04 Å². The Kier molecular flexibility index (Phi) is 5.66. The van der Waals surface area contributed by atoms with Gasteiger partial charge in [-0.1, -0.05) is 42.8 Å². The SMILES string of the molecule is CCNC(Cc1cc(Cl)ccc1OC)c1ccccc1C. The predicted octanol–water partition coefficient (Wildman–Crippen LogP) is 4.55. The Labute approximate surface area is 132 Å². The molecule has 112 valence electrons. The minimum atomic E-state index is 0.253. The van der Waals surface area contributed by atoms with Crippen molar-refractivity contribution >= 4 is 11.6 Å². The number of hydrogen-bond donors (Lipinski definition) is 1. The van der Waals surface area contributed by atoms with E-state index in [0.29, 0.717) is 0 Å². The molecule has 1 atom stereocenters. The van der Waals surface area contributed by atoms with Crippen molar-refractivity contribution in [2.24, 2.45) is 0 Å². The van der Waals surface area contributed by atoms with Crippen LogP contribution in [0.5, 0.6) is 5.75 Å². The summed E-state index contributed by atoms with van der Waals surface area (Å²) in [4.78, 5) is 0. The molecule has 1 unspecified atom stereocenters. The van der Waals surface area contributed by atoms with Gasteiger partial charge in [-0.3, -0.25) is 0 Å². The summed E-state index contributed by atoms with van der Waals surface area (Å²) in [6.45, 7) is 5.19. The molecule has 3 heteroatoms. The lowest BCUT2D eigenvalue weighted by atomic mass is 9.95. The summed E-state index contributed by atoms with van der Waals surface area (Å²) in [5, 5.41) is 4.30. The summed E-state index contributed by atoms with van der Waals surface area (Å²) < 4.78 is 5.46. The Hall–Kier alpha value is -1.51. The lowest BCUT2D eigenvalue weighted by molar-refractivity contribution is 0.405. The van der Waals surface area contributed by atoms with Crippen molar-refractivity contribution in [2.75, 3.05) is 13.7 Å². The van der Waals surface area contributed by atoms with E-state index in [1.54, 1.807) is 7.11 Å². The molecular weight excluding hydrogens is 282 g/mol. The van der Waals surface area contributed by atoms with Gasteiger partial charge < -0.3 is 10.1 Å². The molecule has 2 aromatic rings.